The number of rotatable bonds is 1. The Morgan fingerprint density at radius 2 is 2.18 bits per heavy atom. The van der Waals surface area contributed by atoms with Crippen molar-refractivity contribution in [3.8, 4) is 0 Å². The van der Waals surface area contributed by atoms with Crippen molar-refractivity contribution in [1.82, 2.24) is 4.90 Å². The van der Waals surface area contributed by atoms with Gasteiger partial charge in [-0.15, -0.1) is 0 Å². The van der Waals surface area contributed by atoms with Crippen molar-refractivity contribution in [3.63, 3.8) is 0 Å². The summed E-state index contributed by atoms with van der Waals surface area (Å²) in [5, 5.41) is 9.06. The van der Waals surface area contributed by atoms with E-state index in [-0.39, 0.29) is 24.2 Å². The van der Waals surface area contributed by atoms with Crippen molar-refractivity contribution < 1.29 is 19.4 Å². The third kappa shape index (κ3) is 2.72. The summed E-state index contributed by atoms with van der Waals surface area (Å²) in [6.07, 6.45) is 0.558. The first-order chi connectivity index (χ1) is 7.84. The molecule has 2 heterocycles. The second-order valence-corrected chi connectivity index (χ2v) is 6.08. The van der Waals surface area contributed by atoms with Crippen molar-refractivity contribution in [2.75, 3.05) is 26.3 Å². The van der Waals surface area contributed by atoms with Crippen LogP contribution in [-0.2, 0) is 9.47 Å². The quantitative estimate of drug-likeness (QED) is 0.746. The number of hydrogen-bond acceptors (Lipinski definition) is 4. The molecule has 1 atom stereocenters. The summed E-state index contributed by atoms with van der Waals surface area (Å²) in [5.74, 6) is 0.218. The zero-order valence-corrected chi connectivity index (χ0v) is 10.7. The second kappa shape index (κ2) is 4.14. The average molecular weight is 243 g/mol. The molecule has 0 saturated carbocycles. The number of carbonyl (C=O) groups excluding carboxylic acids is 1. The summed E-state index contributed by atoms with van der Waals surface area (Å²) >= 11 is 0. The minimum atomic E-state index is -0.454. The van der Waals surface area contributed by atoms with Crippen LogP contribution in [0.15, 0.2) is 0 Å². The molecule has 1 N–H and O–H groups in total. The Morgan fingerprint density at radius 1 is 1.53 bits per heavy atom. The third-order valence-electron chi connectivity index (χ3n) is 3.15. The fraction of sp³-hybridized carbons (Fsp3) is 0.917. The molecule has 2 rings (SSSR count). The normalized spacial score (nSPS) is 27.1. The van der Waals surface area contributed by atoms with Crippen LogP contribution < -0.4 is 0 Å². The highest BCUT2D eigenvalue weighted by atomic mass is 16.6. The lowest BCUT2D eigenvalue weighted by Gasteiger charge is -2.46. The maximum Gasteiger partial charge on any atom is 0.410 e. The largest absolute Gasteiger partial charge is 0.444 e. The van der Waals surface area contributed by atoms with Crippen LogP contribution >= 0.6 is 0 Å². The summed E-state index contributed by atoms with van der Waals surface area (Å²) in [5.41, 5.74) is -0.672. The topological polar surface area (TPSA) is 59.0 Å². The molecule has 0 aromatic carbocycles. The first-order valence-electron chi connectivity index (χ1n) is 6.06. The van der Waals surface area contributed by atoms with E-state index in [4.69, 9.17) is 14.6 Å². The third-order valence-corrected chi connectivity index (χ3v) is 3.15. The maximum atomic E-state index is 11.7. The Morgan fingerprint density at radius 3 is 2.65 bits per heavy atom. The van der Waals surface area contributed by atoms with Crippen molar-refractivity contribution in [2.45, 2.75) is 38.4 Å². The Balaban J connectivity index is 1.81. The van der Waals surface area contributed by atoms with Crippen LogP contribution in [0.3, 0.4) is 0 Å². The molecule has 2 saturated heterocycles. The van der Waals surface area contributed by atoms with Crippen molar-refractivity contribution in [2.24, 2.45) is 5.92 Å². The van der Waals surface area contributed by atoms with Gasteiger partial charge in [-0.05, 0) is 27.2 Å². The number of ether oxygens (including phenoxy) is 2. The van der Waals surface area contributed by atoms with E-state index in [9.17, 15) is 4.79 Å². The Labute approximate surface area is 102 Å². The number of hydrogen-bond donors (Lipinski definition) is 1. The predicted octanol–water partition coefficient (Wildman–Crippen LogP) is 1.00. The van der Waals surface area contributed by atoms with Gasteiger partial charge in [-0.25, -0.2) is 4.79 Å². The molecule has 1 amide bonds. The minimum absolute atomic E-state index is 0.161. The molecule has 2 fully saturated rings. The van der Waals surface area contributed by atoms with E-state index in [2.05, 4.69) is 0 Å². The summed E-state index contributed by atoms with van der Waals surface area (Å²) in [4.78, 5) is 13.4. The van der Waals surface area contributed by atoms with Crippen LogP contribution in [-0.4, -0.2) is 53.6 Å². The molecule has 5 heteroatoms. The highest BCUT2D eigenvalue weighted by Gasteiger charge is 2.51. The van der Waals surface area contributed by atoms with Crippen LogP contribution in [0.25, 0.3) is 0 Å². The van der Waals surface area contributed by atoms with E-state index in [1.165, 1.54) is 0 Å². The van der Waals surface area contributed by atoms with E-state index in [1.807, 2.05) is 20.8 Å². The molecule has 0 aromatic heterocycles. The van der Waals surface area contributed by atoms with Gasteiger partial charge in [0.05, 0.1) is 19.7 Å². The summed E-state index contributed by atoms with van der Waals surface area (Å²) in [6, 6.07) is 0. The fourth-order valence-electron chi connectivity index (χ4n) is 2.38. The molecule has 2 aliphatic rings. The first-order valence-corrected chi connectivity index (χ1v) is 6.06. The fourth-order valence-corrected chi connectivity index (χ4v) is 2.38. The van der Waals surface area contributed by atoms with Gasteiger partial charge in [0.15, 0.2) is 0 Å². The van der Waals surface area contributed by atoms with Gasteiger partial charge in [0.25, 0.3) is 0 Å². The molecule has 0 aromatic rings. The van der Waals surface area contributed by atoms with Crippen LogP contribution in [0.2, 0.25) is 0 Å². The Bertz CT molecular complexity index is 304. The predicted molar refractivity (Wildman–Crippen MR) is 61.7 cm³/mol. The number of carbonyl (C=O) groups is 1. The minimum Gasteiger partial charge on any atom is -0.444 e. The molecular formula is C12H21NO4. The number of likely N-dealkylation sites (tertiary alicyclic amines) is 1. The van der Waals surface area contributed by atoms with Crippen LogP contribution in [0.4, 0.5) is 4.79 Å². The SMILES string of the molecule is CC(C)(C)OC(=O)N1CC2(C[C@@H](CO)CO2)C1. The maximum absolute atomic E-state index is 11.7. The molecule has 1 spiro atoms. The van der Waals surface area contributed by atoms with Gasteiger partial charge in [-0.2, -0.15) is 0 Å². The summed E-state index contributed by atoms with van der Waals surface area (Å²) in [7, 11) is 0. The van der Waals surface area contributed by atoms with E-state index in [0.717, 1.165) is 6.42 Å². The number of aliphatic hydroxyl groups excluding tert-OH is 1. The highest BCUT2D eigenvalue weighted by Crippen LogP contribution is 2.38. The van der Waals surface area contributed by atoms with Crippen molar-refractivity contribution in [3.05, 3.63) is 0 Å². The monoisotopic (exact) mass is 243 g/mol. The highest BCUT2D eigenvalue weighted by molar-refractivity contribution is 5.69. The molecule has 17 heavy (non-hydrogen) atoms. The van der Waals surface area contributed by atoms with Crippen LogP contribution in [0.5, 0.6) is 0 Å². The zero-order valence-electron chi connectivity index (χ0n) is 10.7. The molecule has 5 nitrogen and oxygen atoms in total. The molecule has 0 aliphatic carbocycles. The lowest BCUT2D eigenvalue weighted by atomic mass is 9.88. The Kier molecular flexibility index (Phi) is 3.08. The van der Waals surface area contributed by atoms with Crippen LogP contribution in [0.1, 0.15) is 27.2 Å². The molecule has 0 radical (unpaired) electrons. The summed E-state index contributed by atoms with van der Waals surface area (Å²) in [6.45, 7) is 7.49. The number of nitrogens with zero attached hydrogens (tertiary/aromatic N) is 1. The molecule has 0 unspecified atom stereocenters. The average Bonchev–Trinajstić information content (AvgIpc) is 2.56. The van der Waals surface area contributed by atoms with Gasteiger partial charge in [0.1, 0.15) is 11.2 Å². The van der Waals surface area contributed by atoms with E-state index in [0.29, 0.717) is 19.7 Å². The number of amides is 1. The number of aliphatic hydroxyl groups is 1. The van der Waals surface area contributed by atoms with Gasteiger partial charge >= 0.3 is 6.09 Å². The van der Waals surface area contributed by atoms with Gasteiger partial charge < -0.3 is 19.5 Å². The van der Waals surface area contributed by atoms with E-state index in [1.54, 1.807) is 4.90 Å². The molecular weight excluding hydrogens is 222 g/mol. The molecule has 0 bridgehead atoms. The Hall–Kier alpha value is -0.810. The van der Waals surface area contributed by atoms with Crippen LogP contribution in [0, 0.1) is 5.92 Å². The van der Waals surface area contributed by atoms with Crippen molar-refractivity contribution in [1.29, 1.82) is 0 Å². The van der Waals surface area contributed by atoms with Gasteiger partial charge in [-0.1, -0.05) is 0 Å². The standard InChI is InChI=1S/C12H21NO4/c1-11(2,3)17-10(15)13-7-12(8-13)4-9(5-14)6-16-12/h9,14H,4-8H2,1-3H3/t9-/m0/s1. The molecule has 2 aliphatic heterocycles. The smallest absolute Gasteiger partial charge is 0.410 e. The van der Waals surface area contributed by atoms with Gasteiger partial charge in [0, 0.05) is 12.5 Å². The van der Waals surface area contributed by atoms with Gasteiger partial charge in [-0.3, -0.25) is 0 Å². The molecule has 98 valence electrons. The zero-order chi connectivity index (χ0) is 12.7. The summed E-state index contributed by atoms with van der Waals surface area (Å²) < 4.78 is 11.0. The lowest BCUT2D eigenvalue weighted by molar-refractivity contribution is -0.109. The first kappa shape index (κ1) is 12.6. The van der Waals surface area contributed by atoms with Crippen molar-refractivity contribution >= 4 is 6.09 Å². The van der Waals surface area contributed by atoms with Gasteiger partial charge in [0.2, 0.25) is 0 Å². The van der Waals surface area contributed by atoms with E-state index >= 15 is 0 Å². The van der Waals surface area contributed by atoms with E-state index < -0.39 is 5.60 Å². The lowest BCUT2D eigenvalue weighted by Crippen LogP contribution is -2.63. The second-order valence-electron chi connectivity index (χ2n) is 6.08.